The number of aliphatic imine (C=N–C) groups is 1. The number of carbonyl (C=O) groups is 1. The maximum atomic E-state index is 13.5. The lowest BCUT2D eigenvalue weighted by molar-refractivity contribution is -0.131. The summed E-state index contributed by atoms with van der Waals surface area (Å²) in [4.78, 5) is 23.2. The first-order valence-electron chi connectivity index (χ1n) is 12.0. The van der Waals surface area contributed by atoms with Gasteiger partial charge in [-0.2, -0.15) is 5.21 Å². The minimum Gasteiger partial charge on any atom is -0.294 e. The highest BCUT2D eigenvalue weighted by atomic mass is 16.2. The number of amides is 1. The third-order valence-corrected chi connectivity index (χ3v) is 6.88. The third kappa shape index (κ3) is 4.52. The van der Waals surface area contributed by atoms with Crippen LogP contribution in [0.1, 0.15) is 51.0 Å². The molecule has 178 valence electrons. The molecule has 0 radical (unpaired) electrons. The summed E-state index contributed by atoms with van der Waals surface area (Å²) in [5.74, 6) is 1.46. The predicted molar refractivity (Wildman–Crippen MR) is 132 cm³/mol. The monoisotopic (exact) mass is 469 g/mol. The zero-order valence-corrected chi connectivity index (χ0v) is 19.6. The van der Waals surface area contributed by atoms with Crippen LogP contribution in [0.15, 0.2) is 58.6 Å². The highest BCUT2D eigenvalue weighted by molar-refractivity contribution is 6.08. The molecule has 1 aliphatic carbocycles. The van der Waals surface area contributed by atoms with Crippen molar-refractivity contribution in [3.63, 3.8) is 0 Å². The van der Waals surface area contributed by atoms with E-state index in [0.717, 1.165) is 53.8 Å². The molecule has 10 nitrogen and oxygen atoms in total. The molecule has 1 spiro atoms. The molecule has 1 saturated carbocycles. The Morgan fingerprint density at radius 2 is 1.89 bits per heavy atom. The number of aromatic nitrogens is 4. The van der Waals surface area contributed by atoms with Gasteiger partial charge in [0, 0.05) is 22.9 Å². The van der Waals surface area contributed by atoms with Crippen LogP contribution in [0.5, 0.6) is 0 Å². The van der Waals surface area contributed by atoms with Gasteiger partial charge in [0.1, 0.15) is 11.4 Å². The van der Waals surface area contributed by atoms with E-state index in [4.69, 9.17) is 10.5 Å². The molecule has 1 aliphatic heterocycles. The molecule has 10 heteroatoms. The summed E-state index contributed by atoms with van der Waals surface area (Å²) in [6, 6.07) is 16.0. The molecular weight excluding hydrogens is 442 g/mol. The van der Waals surface area contributed by atoms with Crippen molar-refractivity contribution in [3.8, 4) is 22.5 Å². The van der Waals surface area contributed by atoms with Crippen molar-refractivity contribution in [2.75, 3.05) is 0 Å². The van der Waals surface area contributed by atoms with Crippen LogP contribution in [0.4, 0.5) is 0 Å². The van der Waals surface area contributed by atoms with Crippen LogP contribution < -0.4 is 0 Å². The second kappa shape index (κ2) is 9.68. The van der Waals surface area contributed by atoms with Crippen LogP contribution >= 0.6 is 0 Å². The van der Waals surface area contributed by atoms with E-state index in [1.165, 1.54) is 0 Å². The van der Waals surface area contributed by atoms with Crippen LogP contribution in [-0.4, -0.2) is 48.8 Å². The van der Waals surface area contributed by atoms with E-state index in [-0.39, 0.29) is 11.9 Å². The standard InChI is InChI=1S/C25H27N9O/c1-17(28-31-26)8-13-22-27-25(14-4-5-15-25)24(35)34(22)16-18-9-11-19(12-10-18)20-6-2-3-7-21(20)23-29-32-33-30-23/h2-3,6-7,9-12,17H,4-5,8,13-16H2,1H3,(H,29,30,32,33). The third-order valence-electron chi connectivity index (χ3n) is 6.88. The van der Waals surface area contributed by atoms with Crippen LogP contribution in [0.2, 0.25) is 0 Å². The molecule has 1 amide bonds. The van der Waals surface area contributed by atoms with E-state index in [0.29, 0.717) is 25.2 Å². The molecule has 2 heterocycles. The van der Waals surface area contributed by atoms with Crippen molar-refractivity contribution in [2.24, 2.45) is 10.1 Å². The molecule has 3 aromatic rings. The van der Waals surface area contributed by atoms with Crippen molar-refractivity contribution in [2.45, 2.75) is 63.6 Å². The van der Waals surface area contributed by atoms with Gasteiger partial charge in [0.05, 0.1) is 6.54 Å². The number of H-pyrrole nitrogens is 1. The van der Waals surface area contributed by atoms with E-state index < -0.39 is 5.54 Å². The molecule has 1 unspecified atom stereocenters. The van der Waals surface area contributed by atoms with Crippen molar-refractivity contribution in [3.05, 3.63) is 64.5 Å². The number of carbonyl (C=O) groups excluding carboxylic acids is 1. The molecule has 0 bridgehead atoms. The molecule has 35 heavy (non-hydrogen) atoms. The summed E-state index contributed by atoms with van der Waals surface area (Å²) in [7, 11) is 0. The number of tetrazole rings is 1. The molecule has 2 aromatic carbocycles. The predicted octanol–water partition coefficient (Wildman–Crippen LogP) is 5.07. The van der Waals surface area contributed by atoms with Crippen molar-refractivity contribution < 1.29 is 4.79 Å². The average molecular weight is 470 g/mol. The van der Waals surface area contributed by atoms with Gasteiger partial charge in [-0.25, -0.2) is 0 Å². The van der Waals surface area contributed by atoms with Gasteiger partial charge >= 0.3 is 0 Å². The van der Waals surface area contributed by atoms with Gasteiger partial charge in [-0.15, -0.1) is 10.2 Å². The largest absolute Gasteiger partial charge is 0.294 e. The number of nitrogens with zero attached hydrogens (tertiary/aromatic N) is 8. The van der Waals surface area contributed by atoms with Crippen molar-refractivity contribution in [1.82, 2.24) is 25.5 Å². The fourth-order valence-electron chi connectivity index (χ4n) is 5.03. The van der Waals surface area contributed by atoms with Gasteiger partial charge < -0.3 is 0 Å². The van der Waals surface area contributed by atoms with Gasteiger partial charge in [-0.3, -0.25) is 14.7 Å². The van der Waals surface area contributed by atoms with E-state index in [1.807, 2.05) is 36.1 Å². The summed E-state index contributed by atoms with van der Waals surface area (Å²) in [5.41, 5.74) is 12.1. The number of hydrogen-bond acceptors (Lipinski definition) is 6. The molecule has 1 fully saturated rings. The Balaban J connectivity index is 1.37. The number of hydrogen-bond donors (Lipinski definition) is 1. The molecule has 0 saturated heterocycles. The Labute approximate surface area is 203 Å². The normalized spacial score (nSPS) is 17.5. The van der Waals surface area contributed by atoms with E-state index in [9.17, 15) is 4.79 Å². The van der Waals surface area contributed by atoms with Gasteiger partial charge in [0.2, 0.25) is 5.82 Å². The van der Waals surface area contributed by atoms with Crippen LogP contribution in [0.3, 0.4) is 0 Å². The molecule has 1 aromatic heterocycles. The summed E-state index contributed by atoms with van der Waals surface area (Å²) in [6.45, 7) is 2.36. The zero-order valence-electron chi connectivity index (χ0n) is 19.6. The topological polar surface area (TPSA) is 136 Å². The van der Waals surface area contributed by atoms with E-state index in [1.54, 1.807) is 0 Å². The summed E-state index contributed by atoms with van der Waals surface area (Å²) in [5, 5.41) is 18.2. The maximum Gasteiger partial charge on any atom is 0.256 e. The zero-order chi connectivity index (χ0) is 24.3. The molecule has 5 rings (SSSR count). The molecule has 1 N–H and O–H groups in total. The second-order valence-corrected chi connectivity index (χ2v) is 9.23. The molecule has 2 aliphatic rings. The Morgan fingerprint density at radius 1 is 1.14 bits per heavy atom. The fraction of sp³-hybridized carbons (Fsp3) is 0.400. The van der Waals surface area contributed by atoms with E-state index >= 15 is 0 Å². The first-order chi connectivity index (χ1) is 17.1. The number of nitrogens with one attached hydrogen (secondary N) is 1. The van der Waals surface area contributed by atoms with Gasteiger partial charge in [0.25, 0.3) is 5.91 Å². The number of benzene rings is 2. The number of rotatable bonds is 8. The Kier molecular flexibility index (Phi) is 6.29. The fourth-order valence-corrected chi connectivity index (χ4v) is 5.03. The van der Waals surface area contributed by atoms with E-state index in [2.05, 4.69) is 54.9 Å². The smallest absolute Gasteiger partial charge is 0.256 e. The number of amidine groups is 1. The van der Waals surface area contributed by atoms with Crippen LogP contribution in [0.25, 0.3) is 33.0 Å². The Morgan fingerprint density at radius 3 is 2.57 bits per heavy atom. The van der Waals surface area contributed by atoms with Crippen LogP contribution in [0, 0.1) is 0 Å². The Hall–Kier alpha value is -4.04. The number of aromatic amines is 1. The lowest BCUT2D eigenvalue weighted by Gasteiger charge is -2.23. The lowest BCUT2D eigenvalue weighted by Crippen LogP contribution is -2.40. The van der Waals surface area contributed by atoms with Crippen LogP contribution in [-0.2, 0) is 11.3 Å². The molecule has 1 atom stereocenters. The van der Waals surface area contributed by atoms with Crippen molar-refractivity contribution in [1.29, 1.82) is 0 Å². The first kappa shape index (κ1) is 22.7. The quantitative estimate of drug-likeness (QED) is 0.280. The van der Waals surface area contributed by atoms with Gasteiger partial charge in [-0.1, -0.05) is 73.4 Å². The second-order valence-electron chi connectivity index (χ2n) is 9.23. The Bertz CT molecular complexity index is 1270. The van der Waals surface area contributed by atoms with Gasteiger partial charge in [-0.05, 0) is 46.7 Å². The summed E-state index contributed by atoms with van der Waals surface area (Å²) >= 11 is 0. The van der Waals surface area contributed by atoms with Crippen molar-refractivity contribution >= 4 is 11.7 Å². The summed E-state index contributed by atoms with van der Waals surface area (Å²) < 4.78 is 0. The average Bonchev–Trinajstić information content (AvgIpc) is 3.63. The summed E-state index contributed by atoms with van der Waals surface area (Å²) in [6.07, 6.45) is 4.95. The minimum atomic E-state index is -0.597. The SMILES string of the molecule is CC(CCC1=NC2(CCCC2)C(=O)N1Cc1ccc(-c2ccccc2-c2nn[nH]n2)cc1)N=[N+]=[N-]. The first-order valence-corrected chi connectivity index (χ1v) is 12.0. The van der Waals surface area contributed by atoms with Gasteiger partial charge in [0.15, 0.2) is 0 Å². The number of azide groups is 1. The molecular formula is C25H27N9O. The highest BCUT2D eigenvalue weighted by Crippen LogP contribution is 2.40. The highest BCUT2D eigenvalue weighted by Gasteiger charge is 2.49. The maximum absolute atomic E-state index is 13.5. The lowest BCUT2D eigenvalue weighted by atomic mass is 9.97. The minimum absolute atomic E-state index is 0.105.